The molecule has 1 saturated heterocycles. The van der Waals surface area contributed by atoms with E-state index < -0.39 is 0 Å². The van der Waals surface area contributed by atoms with E-state index in [0.717, 1.165) is 49.0 Å². The van der Waals surface area contributed by atoms with Crippen molar-refractivity contribution in [3.63, 3.8) is 0 Å². The highest BCUT2D eigenvalue weighted by atomic mass is 32.1. The summed E-state index contributed by atoms with van der Waals surface area (Å²) in [6.45, 7) is 5.53. The first-order valence-electron chi connectivity index (χ1n) is 12.7. The molecular formula is C28H35N5O3S. The van der Waals surface area contributed by atoms with Gasteiger partial charge >= 0.3 is 0 Å². The normalized spacial score (nSPS) is 15.2. The van der Waals surface area contributed by atoms with E-state index in [2.05, 4.69) is 32.5 Å². The minimum atomic E-state index is -0.202. The van der Waals surface area contributed by atoms with E-state index in [1.165, 1.54) is 11.3 Å². The summed E-state index contributed by atoms with van der Waals surface area (Å²) < 4.78 is 5.98. The molecule has 1 aliphatic rings. The SMILES string of the molecule is CN1CCN(CC(COc2ccccc2)NC(=O)c2csc(CCNC(=O)Cc3ccccc3)n2)CC1. The van der Waals surface area contributed by atoms with Gasteiger partial charge in [0, 0.05) is 51.1 Å². The molecule has 196 valence electrons. The van der Waals surface area contributed by atoms with Crippen LogP contribution in [0.25, 0.3) is 0 Å². The van der Waals surface area contributed by atoms with Crippen LogP contribution in [0.5, 0.6) is 5.75 Å². The van der Waals surface area contributed by atoms with Gasteiger partial charge in [0.05, 0.1) is 17.5 Å². The average Bonchev–Trinajstić information content (AvgIpc) is 3.39. The number of thiazole rings is 1. The zero-order valence-electron chi connectivity index (χ0n) is 21.3. The second-order valence-corrected chi connectivity index (χ2v) is 10.2. The Morgan fingerprint density at radius 3 is 2.46 bits per heavy atom. The van der Waals surface area contributed by atoms with Gasteiger partial charge in [0.1, 0.15) is 18.1 Å². The zero-order valence-corrected chi connectivity index (χ0v) is 22.1. The third-order valence-electron chi connectivity index (χ3n) is 6.26. The summed E-state index contributed by atoms with van der Waals surface area (Å²) in [5.41, 5.74) is 1.38. The summed E-state index contributed by atoms with van der Waals surface area (Å²) in [6.07, 6.45) is 0.937. The average molecular weight is 522 g/mol. The van der Waals surface area contributed by atoms with Gasteiger partial charge in [-0.2, -0.15) is 0 Å². The predicted molar refractivity (Wildman–Crippen MR) is 146 cm³/mol. The molecule has 0 bridgehead atoms. The molecule has 1 fully saturated rings. The van der Waals surface area contributed by atoms with E-state index in [-0.39, 0.29) is 17.9 Å². The Morgan fingerprint density at radius 2 is 1.73 bits per heavy atom. The van der Waals surface area contributed by atoms with Crippen molar-refractivity contribution in [1.29, 1.82) is 0 Å². The van der Waals surface area contributed by atoms with Crippen LogP contribution >= 0.6 is 11.3 Å². The van der Waals surface area contributed by atoms with Gasteiger partial charge in [0.2, 0.25) is 5.91 Å². The first-order chi connectivity index (χ1) is 18.0. The molecular weight excluding hydrogens is 486 g/mol. The standard InChI is InChI=1S/C28H35N5O3S/c1-32-14-16-33(17-15-32)19-23(20-36-24-10-6-3-7-11-24)30-28(35)25-21-37-27(31-25)12-13-29-26(34)18-22-8-4-2-5-9-22/h2-11,21,23H,12-20H2,1H3,(H,29,34)(H,30,35). The highest BCUT2D eigenvalue weighted by Gasteiger charge is 2.22. The van der Waals surface area contributed by atoms with E-state index in [0.29, 0.717) is 31.7 Å². The third kappa shape index (κ3) is 8.96. The number of hydrogen-bond donors (Lipinski definition) is 2. The molecule has 2 heterocycles. The molecule has 2 amide bonds. The van der Waals surface area contributed by atoms with E-state index >= 15 is 0 Å². The number of piperazine rings is 1. The van der Waals surface area contributed by atoms with Gasteiger partial charge < -0.3 is 20.3 Å². The number of ether oxygens (including phenoxy) is 1. The Balaban J connectivity index is 1.27. The Morgan fingerprint density at radius 1 is 1.03 bits per heavy atom. The summed E-state index contributed by atoms with van der Waals surface area (Å²) in [5, 5.41) is 8.66. The first kappa shape index (κ1) is 26.8. The molecule has 0 saturated carbocycles. The van der Waals surface area contributed by atoms with Crippen LogP contribution in [0.15, 0.2) is 66.0 Å². The van der Waals surface area contributed by atoms with Crippen molar-refractivity contribution in [2.24, 2.45) is 0 Å². The highest BCUT2D eigenvalue weighted by Crippen LogP contribution is 2.12. The van der Waals surface area contributed by atoms with Crippen LogP contribution in [0.2, 0.25) is 0 Å². The Labute approximate surface area is 222 Å². The first-order valence-corrected chi connectivity index (χ1v) is 13.6. The molecule has 2 aromatic carbocycles. The fourth-order valence-electron chi connectivity index (χ4n) is 4.14. The lowest BCUT2D eigenvalue weighted by Crippen LogP contribution is -2.52. The molecule has 9 heteroatoms. The number of para-hydroxylation sites is 1. The van der Waals surface area contributed by atoms with Crippen molar-refractivity contribution < 1.29 is 14.3 Å². The highest BCUT2D eigenvalue weighted by molar-refractivity contribution is 7.09. The van der Waals surface area contributed by atoms with Gasteiger partial charge in [0.25, 0.3) is 5.91 Å². The molecule has 1 atom stereocenters. The second kappa shape index (κ2) is 13.9. The van der Waals surface area contributed by atoms with Crippen LogP contribution in [0.4, 0.5) is 0 Å². The molecule has 1 unspecified atom stereocenters. The Kier molecular flexibility index (Phi) is 10.0. The fraction of sp³-hybridized carbons (Fsp3) is 0.393. The number of amides is 2. The van der Waals surface area contributed by atoms with Crippen molar-refractivity contribution >= 4 is 23.2 Å². The van der Waals surface area contributed by atoms with E-state index in [4.69, 9.17) is 4.74 Å². The molecule has 2 N–H and O–H groups in total. The maximum atomic E-state index is 13.0. The Hall–Kier alpha value is -3.27. The van der Waals surface area contributed by atoms with Gasteiger partial charge in [0.15, 0.2) is 0 Å². The Bertz CT molecular complexity index is 1120. The van der Waals surface area contributed by atoms with Crippen molar-refractivity contribution in [1.82, 2.24) is 25.4 Å². The van der Waals surface area contributed by atoms with Gasteiger partial charge in [-0.25, -0.2) is 4.98 Å². The summed E-state index contributed by atoms with van der Waals surface area (Å²) in [7, 11) is 2.13. The molecule has 37 heavy (non-hydrogen) atoms. The smallest absolute Gasteiger partial charge is 0.271 e. The van der Waals surface area contributed by atoms with Crippen LogP contribution in [0.1, 0.15) is 21.1 Å². The lowest BCUT2D eigenvalue weighted by atomic mass is 10.1. The minimum absolute atomic E-state index is 0.0223. The van der Waals surface area contributed by atoms with Crippen molar-refractivity contribution in [3.05, 3.63) is 82.3 Å². The lowest BCUT2D eigenvalue weighted by Gasteiger charge is -2.34. The number of rotatable bonds is 12. The van der Waals surface area contributed by atoms with E-state index in [9.17, 15) is 9.59 Å². The van der Waals surface area contributed by atoms with Gasteiger partial charge in [-0.15, -0.1) is 11.3 Å². The van der Waals surface area contributed by atoms with E-state index in [1.54, 1.807) is 5.38 Å². The molecule has 1 aromatic heterocycles. The summed E-state index contributed by atoms with van der Waals surface area (Å²) >= 11 is 1.44. The second-order valence-electron chi connectivity index (χ2n) is 9.29. The topological polar surface area (TPSA) is 86.8 Å². The van der Waals surface area contributed by atoms with Crippen molar-refractivity contribution in [2.75, 3.05) is 52.9 Å². The van der Waals surface area contributed by atoms with Gasteiger partial charge in [-0.3, -0.25) is 14.5 Å². The molecule has 1 aliphatic heterocycles. The number of likely N-dealkylation sites (N-methyl/N-ethyl adjacent to an activating group) is 1. The van der Waals surface area contributed by atoms with Crippen molar-refractivity contribution in [3.8, 4) is 5.75 Å². The van der Waals surface area contributed by atoms with Crippen LogP contribution in [0.3, 0.4) is 0 Å². The van der Waals surface area contributed by atoms with Crippen LogP contribution < -0.4 is 15.4 Å². The number of hydrogen-bond acceptors (Lipinski definition) is 7. The minimum Gasteiger partial charge on any atom is -0.491 e. The van der Waals surface area contributed by atoms with Gasteiger partial charge in [-0.05, 0) is 24.7 Å². The van der Waals surface area contributed by atoms with Crippen LogP contribution in [0, 0.1) is 0 Å². The summed E-state index contributed by atoms with van der Waals surface area (Å²) in [5.74, 6) is 0.558. The van der Waals surface area contributed by atoms with Crippen molar-refractivity contribution in [2.45, 2.75) is 18.9 Å². The van der Waals surface area contributed by atoms with Crippen LogP contribution in [-0.4, -0.2) is 85.6 Å². The number of carbonyl (C=O) groups is 2. The summed E-state index contributed by atoms with van der Waals surface area (Å²) in [4.78, 5) is 34.4. The number of benzene rings is 2. The lowest BCUT2D eigenvalue weighted by molar-refractivity contribution is -0.120. The monoisotopic (exact) mass is 521 g/mol. The predicted octanol–water partition coefficient (Wildman–Crippen LogP) is 2.47. The quantitative estimate of drug-likeness (QED) is 0.381. The molecule has 4 rings (SSSR count). The number of carbonyl (C=O) groups excluding carboxylic acids is 2. The largest absolute Gasteiger partial charge is 0.491 e. The summed E-state index contributed by atoms with van der Waals surface area (Å²) in [6, 6.07) is 19.1. The van der Waals surface area contributed by atoms with Crippen LogP contribution in [-0.2, 0) is 17.6 Å². The number of nitrogens with one attached hydrogen (secondary N) is 2. The fourth-order valence-corrected chi connectivity index (χ4v) is 4.92. The maximum absolute atomic E-state index is 13.0. The third-order valence-corrected chi connectivity index (χ3v) is 7.17. The maximum Gasteiger partial charge on any atom is 0.271 e. The molecule has 0 spiro atoms. The number of nitrogens with zero attached hydrogens (tertiary/aromatic N) is 3. The number of aromatic nitrogens is 1. The molecule has 8 nitrogen and oxygen atoms in total. The molecule has 3 aromatic rings. The zero-order chi connectivity index (χ0) is 25.9. The van der Waals surface area contributed by atoms with Gasteiger partial charge in [-0.1, -0.05) is 48.5 Å². The van der Waals surface area contributed by atoms with E-state index in [1.807, 2.05) is 60.7 Å². The molecule has 0 aliphatic carbocycles. The molecule has 0 radical (unpaired) electrons.